The van der Waals surface area contributed by atoms with Crippen LogP contribution in [0.15, 0.2) is 27.4 Å². The number of nitrogens with zero attached hydrogens (tertiary/aromatic N) is 3. The number of ether oxygens (including phenoxy) is 1. The van der Waals surface area contributed by atoms with Gasteiger partial charge in [0.2, 0.25) is 0 Å². The Balaban J connectivity index is 2.97. The van der Waals surface area contributed by atoms with Crippen molar-refractivity contribution < 1.29 is 13.9 Å². The topological polar surface area (TPSA) is 88.2 Å². The number of rotatable bonds is 4. The van der Waals surface area contributed by atoms with Gasteiger partial charge in [-0.1, -0.05) is 5.11 Å². The maximum Gasteiger partial charge on any atom is 0.340 e. The fraction of sp³-hybridized carbons (Fsp3) is 0.300. The van der Waals surface area contributed by atoms with Gasteiger partial charge in [0, 0.05) is 4.91 Å². The molecule has 0 amide bonds. The average molecular weight is 221 g/mol. The van der Waals surface area contributed by atoms with Crippen LogP contribution in [0.2, 0.25) is 0 Å². The van der Waals surface area contributed by atoms with Gasteiger partial charge in [-0.3, -0.25) is 0 Å². The number of aryl methyl sites for hydroxylation is 1. The quantitative estimate of drug-likeness (QED) is 0.257. The first kappa shape index (κ1) is 11.9. The van der Waals surface area contributed by atoms with Crippen LogP contribution in [0.5, 0.6) is 0 Å². The molecule has 0 aromatic carbocycles. The van der Waals surface area contributed by atoms with Crippen molar-refractivity contribution >= 4 is 12.0 Å². The monoisotopic (exact) mass is 221 g/mol. The summed E-state index contributed by atoms with van der Waals surface area (Å²) in [4.78, 5) is 13.9. The zero-order valence-electron chi connectivity index (χ0n) is 9.01. The van der Waals surface area contributed by atoms with Crippen LogP contribution in [-0.4, -0.2) is 12.6 Å². The molecule has 0 fully saturated rings. The lowest BCUT2D eigenvalue weighted by Gasteiger charge is -1.99. The maximum absolute atomic E-state index is 11.3. The van der Waals surface area contributed by atoms with E-state index in [-0.39, 0.29) is 12.3 Å². The normalized spacial score (nSPS) is 10.8. The van der Waals surface area contributed by atoms with Gasteiger partial charge in [-0.15, -0.1) is 0 Å². The van der Waals surface area contributed by atoms with E-state index in [9.17, 15) is 4.79 Å². The third kappa shape index (κ3) is 3.18. The van der Waals surface area contributed by atoms with E-state index in [1.54, 1.807) is 26.0 Å². The molecule has 0 unspecified atom stereocenters. The smallest absolute Gasteiger partial charge is 0.340 e. The number of azide groups is 1. The Morgan fingerprint density at radius 2 is 2.44 bits per heavy atom. The molecule has 1 heterocycles. The van der Waals surface area contributed by atoms with E-state index < -0.39 is 5.97 Å². The first-order valence-corrected chi connectivity index (χ1v) is 4.67. The van der Waals surface area contributed by atoms with Crippen LogP contribution < -0.4 is 0 Å². The number of carbonyl (C=O) groups is 1. The molecule has 0 saturated heterocycles. The average Bonchev–Trinajstić information content (AvgIpc) is 2.64. The van der Waals surface area contributed by atoms with Gasteiger partial charge in [0.05, 0.1) is 6.61 Å². The first-order chi connectivity index (χ1) is 7.67. The summed E-state index contributed by atoms with van der Waals surface area (Å²) in [5, 5.41) is 3.25. The lowest BCUT2D eigenvalue weighted by molar-refractivity contribution is -0.138. The molecule has 1 rings (SSSR count). The largest absolute Gasteiger partial charge is 0.462 e. The standard InChI is InChI=1S/C10H11N3O3/c1-3-15-10(14)9(12-13-11)6-8-5-4-7(2)16-8/h4-6H,3H2,1-2H3. The second kappa shape index (κ2) is 5.63. The molecule has 0 saturated carbocycles. The van der Waals surface area contributed by atoms with Crippen molar-refractivity contribution in [2.45, 2.75) is 13.8 Å². The van der Waals surface area contributed by atoms with Gasteiger partial charge in [-0.05, 0) is 37.6 Å². The molecule has 6 nitrogen and oxygen atoms in total. The highest BCUT2D eigenvalue weighted by Gasteiger charge is 2.09. The van der Waals surface area contributed by atoms with E-state index in [0.29, 0.717) is 11.5 Å². The van der Waals surface area contributed by atoms with Crippen molar-refractivity contribution in [1.29, 1.82) is 0 Å². The van der Waals surface area contributed by atoms with Crippen LogP contribution >= 0.6 is 0 Å². The summed E-state index contributed by atoms with van der Waals surface area (Å²) in [6.45, 7) is 3.66. The van der Waals surface area contributed by atoms with Gasteiger partial charge in [-0.25, -0.2) is 4.79 Å². The molecule has 0 aliphatic rings. The van der Waals surface area contributed by atoms with E-state index in [4.69, 9.17) is 14.7 Å². The molecule has 0 aliphatic carbocycles. The van der Waals surface area contributed by atoms with Crippen LogP contribution in [0, 0.1) is 6.92 Å². The first-order valence-electron chi connectivity index (χ1n) is 4.67. The van der Waals surface area contributed by atoms with Crippen molar-refractivity contribution in [3.63, 3.8) is 0 Å². The number of esters is 1. The predicted octanol–water partition coefficient (Wildman–Crippen LogP) is 2.80. The molecule has 0 radical (unpaired) electrons. The van der Waals surface area contributed by atoms with Crippen molar-refractivity contribution in [3.05, 3.63) is 39.8 Å². The second-order valence-electron chi connectivity index (χ2n) is 2.89. The number of furan rings is 1. The number of carbonyl (C=O) groups excluding carboxylic acids is 1. The van der Waals surface area contributed by atoms with E-state index in [2.05, 4.69) is 10.0 Å². The second-order valence-corrected chi connectivity index (χ2v) is 2.89. The summed E-state index contributed by atoms with van der Waals surface area (Å²) >= 11 is 0. The van der Waals surface area contributed by atoms with Crippen molar-refractivity contribution in [2.75, 3.05) is 6.61 Å². The predicted molar refractivity (Wildman–Crippen MR) is 57.2 cm³/mol. The van der Waals surface area contributed by atoms with Crippen LogP contribution in [0.1, 0.15) is 18.4 Å². The zero-order valence-corrected chi connectivity index (χ0v) is 9.01. The Hall–Kier alpha value is -2.20. The summed E-state index contributed by atoms with van der Waals surface area (Å²) in [6, 6.07) is 3.41. The van der Waals surface area contributed by atoms with E-state index in [1.807, 2.05) is 0 Å². The Labute approximate surface area is 92.1 Å². The Morgan fingerprint density at radius 3 is 2.94 bits per heavy atom. The number of hydrogen-bond donors (Lipinski definition) is 0. The SMILES string of the molecule is CCOC(=O)C(=Cc1ccc(C)o1)N=[N+]=[N-]. The lowest BCUT2D eigenvalue weighted by atomic mass is 10.3. The minimum absolute atomic E-state index is 0.126. The fourth-order valence-corrected chi connectivity index (χ4v) is 1.05. The summed E-state index contributed by atoms with van der Waals surface area (Å²) in [7, 11) is 0. The highest BCUT2D eigenvalue weighted by Crippen LogP contribution is 2.13. The highest BCUT2D eigenvalue weighted by molar-refractivity contribution is 5.92. The Kier molecular flexibility index (Phi) is 4.17. The van der Waals surface area contributed by atoms with Gasteiger partial charge in [0.25, 0.3) is 0 Å². The summed E-state index contributed by atoms with van der Waals surface area (Å²) in [6.07, 6.45) is 1.34. The molecular weight excluding hydrogens is 210 g/mol. The molecule has 16 heavy (non-hydrogen) atoms. The molecule has 1 aromatic rings. The summed E-state index contributed by atoms with van der Waals surface area (Å²) < 4.78 is 9.94. The van der Waals surface area contributed by atoms with E-state index >= 15 is 0 Å². The highest BCUT2D eigenvalue weighted by atomic mass is 16.5. The van der Waals surface area contributed by atoms with Crippen molar-refractivity contribution in [2.24, 2.45) is 5.11 Å². The lowest BCUT2D eigenvalue weighted by Crippen LogP contribution is -2.05. The van der Waals surface area contributed by atoms with Gasteiger partial charge in [0.15, 0.2) is 0 Å². The van der Waals surface area contributed by atoms with Crippen LogP contribution in [0.4, 0.5) is 0 Å². The minimum atomic E-state index is -0.672. The van der Waals surface area contributed by atoms with E-state index in [1.165, 1.54) is 6.08 Å². The summed E-state index contributed by atoms with van der Waals surface area (Å²) in [5.41, 5.74) is 8.19. The van der Waals surface area contributed by atoms with Crippen molar-refractivity contribution in [1.82, 2.24) is 0 Å². The molecule has 6 heteroatoms. The number of hydrogen-bond acceptors (Lipinski definition) is 4. The Bertz CT molecular complexity index is 456. The minimum Gasteiger partial charge on any atom is -0.462 e. The van der Waals surface area contributed by atoms with Crippen molar-refractivity contribution in [3.8, 4) is 0 Å². The van der Waals surface area contributed by atoms with Crippen LogP contribution in [0.3, 0.4) is 0 Å². The van der Waals surface area contributed by atoms with Crippen LogP contribution in [-0.2, 0) is 9.53 Å². The van der Waals surface area contributed by atoms with Crippen LogP contribution in [0.25, 0.3) is 16.5 Å². The zero-order chi connectivity index (χ0) is 12.0. The molecule has 0 aliphatic heterocycles. The third-order valence-electron chi connectivity index (χ3n) is 1.68. The molecule has 0 bridgehead atoms. The fourth-order valence-electron chi connectivity index (χ4n) is 1.05. The molecular formula is C10H11N3O3. The van der Waals surface area contributed by atoms with Gasteiger partial charge in [0.1, 0.15) is 17.2 Å². The van der Waals surface area contributed by atoms with Gasteiger partial charge >= 0.3 is 5.97 Å². The third-order valence-corrected chi connectivity index (χ3v) is 1.68. The maximum atomic E-state index is 11.3. The van der Waals surface area contributed by atoms with Gasteiger partial charge in [-0.2, -0.15) is 0 Å². The van der Waals surface area contributed by atoms with E-state index in [0.717, 1.165) is 0 Å². The molecule has 84 valence electrons. The molecule has 1 aromatic heterocycles. The summed E-state index contributed by atoms with van der Waals surface area (Å²) in [5.74, 6) is 0.470. The Morgan fingerprint density at radius 1 is 1.69 bits per heavy atom. The van der Waals surface area contributed by atoms with Gasteiger partial charge < -0.3 is 9.15 Å². The molecule has 0 N–H and O–H groups in total. The molecule has 0 spiro atoms. The molecule has 0 atom stereocenters.